The van der Waals surface area contributed by atoms with Crippen molar-refractivity contribution in [2.24, 2.45) is 11.1 Å². The second-order valence-corrected chi connectivity index (χ2v) is 5.44. The fourth-order valence-corrected chi connectivity index (χ4v) is 2.45. The van der Waals surface area contributed by atoms with E-state index in [-0.39, 0.29) is 5.91 Å². The van der Waals surface area contributed by atoms with E-state index in [0.717, 1.165) is 25.8 Å². The number of carbonyl (C=O) groups excluding carboxylic acids is 1. The van der Waals surface area contributed by atoms with Crippen LogP contribution in [0.2, 0.25) is 0 Å². The molecule has 0 heterocycles. The van der Waals surface area contributed by atoms with Gasteiger partial charge in [-0.3, -0.25) is 4.79 Å². The molecule has 0 aromatic rings. The minimum absolute atomic E-state index is 0.0797. The Hall–Kier alpha value is -0.570. The van der Waals surface area contributed by atoms with Crippen molar-refractivity contribution in [3.8, 4) is 0 Å². The molecule has 2 aliphatic carbocycles. The van der Waals surface area contributed by atoms with E-state index in [1.807, 2.05) is 0 Å². The van der Waals surface area contributed by atoms with Crippen molar-refractivity contribution >= 4 is 5.91 Å². The van der Waals surface area contributed by atoms with Crippen molar-refractivity contribution in [1.82, 2.24) is 5.32 Å². The lowest BCUT2D eigenvalue weighted by Gasteiger charge is -2.36. The van der Waals surface area contributed by atoms with Crippen LogP contribution in [0.15, 0.2) is 0 Å². The van der Waals surface area contributed by atoms with E-state index in [0.29, 0.717) is 5.41 Å². The van der Waals surface area contributed by atoms with E-state index in [9.17, 15) is 4.79 Å². The molecule has 0 radical (unpaired) electrons. The number of nitrogens with one attached hydrogen (secondary N) is 1. The summed E-state index contributed by atoms with van der Waals surface area (Å²) in [7, 11) is 0. The van der Waals surface area contributed by atoms with Crippen molar-refractivity contribution in [3.05, 3.63) is 0 Å². The summed E-state index contributed by atoms with van der Waals surface area (Å²) >= 11 is 0. The quantitative estimate of drug-likeness (QED) is 0.723. The van der Waals surface area contributed by atoms with Crippen LogP contribution < -0.4 is 11.1 Å². The van der Waals surface area contributed by atoms with Crippen LogP contribution in [0.3, 0.4) is 0 Å². The molecule has 0 aliphatic heterocycles. The SMILES string of the molecule is CCCC1(CNC(=O)C2(N)CCC2)CC1. The van der Waals surface area contributed by atoms with Crippen LogP contribution in [-0.4, -0.2) is 18.0 Å². The molecule has 3 nitrogen and oxygen atoms in total. The third-order valence-corrected chi connectivity index (χ3v) is 4.06. The van der Waals surface area contributed by atoms with Crippen LogP contribution >= 0.6 is 0 Å². The monoisotopic (exact) mass is 210 g/mol. The predicted molar refractivity (Wildman–Crippen MR) is 60.4 cm³/mol. The molecule has 0 spiro atoms. The highest BCUT2D eigenvalue weighted by Crippen LogP contribution is 2.49. The third kappa shape index (κ3) is 2.17. The first-order valence-electron chi connectivity index (χ1n) is 6.17. The fourth-order valence-electron chi connectivity index (χ4n) is 2.45. The zero-order chi connectivity index (χ0) is 10.9. The molecule has 3 N–H and O–H groups in total. The Kier molecular flexibility index (Phi) is 2.75. The highest BCUT2D eigenvalue weighted by Gasteiger charge is 2.44. The molecule has 2 rings (SSSR count). The van der Waals surface area contributed by atoms with Crippen LogP contribution in [-0.2, 0) is 4.79 Å². The summed E-state index contributed by atoms with van der Waals surface area (Å²) in [5, 5.41) is 3.05. The normalized spacial score (nSPS) is 25.5. The second-order valence-electron chi connectivity index (χ2n) is 5.44. The lowest BCUT2D eigenvalue weighted by atomic mass is 9.77. The Morgan fingerprint density at radius 1 is 1.33 bits per heavy atom. The topological polar surface area (TPSA) is 55.1 Å². The maximum absolute atomic E-state index is 11.8. The van der Waals surface area contributed by atoms with Crippen LogP contribution in [0, 0.1) is 5.41 Å². The highest BCUT2D eigenvalue weighted by atomic mass is 16.2. The summed E-state index contributed by atoms with van der Waals surface area (Å²) in [6, 6.07) is 0. The predicted octanol–water partition coefficient (Wildman–Crippen LogP) is 1.56. The molecule has 0 aromatic heterocycles. The molecule has 0 aromatic carbocycles. The molecule has 1 amide bonds. The van der Waals surface area contributed by atoms with Gasteiger partial charge in [-0.15, -0.1) is 0 Å². The first kappa shape index (κ1) is 10.9. The lowest BCUT2D eigenvalue weighted by Crippen LogP contribution is -2.59. The molecule has 2 fully saturated rings. The number of hydrogen-bond acceptors (Lipinski definition) is 2. The molecular formula is C12H22N2O. The first-order valence-corrected chi connectivity index (χ1v) is 6.17. The zero-order valence-electron chi connectivity index (χ0n) is 9.64. The Labute approximate surface area is 91.8 Å². The van der Waals surface area contributed by atoms with Gasteiger partial charge in [0, 0.05) is 6.54 Å². The van der Waals surface area contributed by atoms with Gasteiger partial charge >= 0.3 is 0 Å². The molecule has 2 saturated carbocycles. The molecule has 0 saturated heterocycles. The van der Waals surface area contributed by atoms with Gasteiger partial charge in [0.2, 0.25) is 5.91 Å². The van der Waals surface area contributed by atoms with Gasteiger partial charge in [0.25, 0.3) is 0 Å². The Morgan fingerprint density at radius 3 is 2.40 bits per heavy atom. The summed E-state index contributed by atoms with van der Waals surface area (Å²) in [6.07, 6.45) is 7.83. The van der Waals surface area contributed by atoms with E-state index in [1.54, 1.807) is 0 Å². The first-order chi connectivity index (χ1) is 7.10. The maximum atomic E-state index is 11.8. The van der Waals surface area contributed by atoms with E-state index < -0.39 is 5.54 Å². The van der Waals surface area contributed by atoms with Crippen molar-refractivity contribution in [3.63, 3.8) is 0 Å². The standard InChI is InChI=1S/C12H22N2O/c1-2-4-11(7-8-11)9-14-10(15)12(13)5-3-6-12/h2-9,13H2,1H3,(H,14,15). The fraction of sp³-hybridized carbons (Fsp3) is 0.917. The third-order valence-electron chi connectivity index (χ3n) is 4.06. The Bertz CT molecular complexity index is 254. The minimum atomic E-state index is -0.526. The molecule has 0 atom stereocenters. The average Bonchev–Trinajstić information content (AvgIpc) is 2.92. The lowest BCUT2D eigenvalue weighted by molar-refractivity contribution is -0.129. The van der Waals surface area contributed by atoms with Gasteiger partial charge < -0.3 is 11.1 Å². The summed E-state index contributed by atoms with van der Waals surface area (Å²) in [5.74, 6) is 0.0797. The van der Waals surface area contributed by atoms with E-state index in [1.165, 1.54) is 25.7 Å². The van der Waals surface area contributed by atoms with Gasteiger partial charge in [-0.05, 0) is 43.9 Å². The van der Waals surface area contributed by atoms with Gasteiger partial charge in [0.05, 0.1) is 5.54 Å². The van der Waals surface area contributed by atoms with Gasteiger partial charge in [-0.1, -0.05) is 13.3 Å². The average molecular weight is 210 g/mol. The summed E-state index contributed by atoms with van der Waals surface area (Å²) in [4.78, 5) is 11.8. The maximum Gasteiger partial charge on any atom is 0.240 e. The van der Waals surface area contributed by atoms with Crippen LogP contribution in [0.1, 0.15) is 51.9 Å². The highest BCUT2D eigenvalue weighted by molar-refractivity contribution is 5.87. The number of amides is 1. The van der Waals surface area contributed by atoms with E-state index in [2.05, 4.69) is 12.2 Å². The largest absolute Gasteiger partial charge is 0.354 e. The number of carbonyl (C=O) groups is 1. The summed E-state index contributed by atoms with van der Waals surface area (Å²) < 4.78 is 0. The van der Waals surface area contributed by atoms with Crippen LogP contribution in [0.4, 0.5) is 0 Å². The smallest absolute Gasteiger partial charge is 0.240 e. The molecule has 15 heavy (non-hydrogen) atoms. The van der Waals surface area contributed by atoms with Crippen LogP contribution in [0.5, 0.6) is 0 Å². The molecule has 0 bridgehead atoms. The summed E-state index contributed by atoms with van der Waals surface area (Å²) in [6.45, 7) is 3.05. The van der Waals surface area contributed by atoms with E-state index >= 15 is 0 Å². The molecule has 2 aliphatic rings. The van der Waals surface area contributed by atoms with Crippen molar-refractivity contribution in [2.75, 3.05) is 6.54 Å². The molecule has 3 heteroatoms. The van der Waals surface area contributed by atoms with Crippen LogP contribution in [0.25, 0.3) is 0 Å². The van der Waals surface area contributed by atoms with Crippen molar-refractivity contribution in [1.29, 1.82) is 0 Å². The van der Waals surface area contributed by atoms with Crippen molar-refractivity contribution < 1.29 is 4.79 Å². The minimum Gasteiger partial charge on any atom is -0.354 e. The van der Waals surface area contributed by atoms with Gasteiger partial charge in [-0.25, -0.2) is 0 Å². The second kappa shape index (κ2) is 3.78. The number of hydrogen-bond donors (Lipinski definition) is 2. The zero-order valence-corrected chi connectivity index (χ0v) is 9.64. The van der Waals surface area contributed by atoms with Crippen molar-refractivity contribution in [2.45, 2.75) is 57.4 Å². The Balaban J connectivity index is 1.76. The molecule has 86 valence electrons. The molecule has 0 unspecified atom stereocenters. The van der Waals surface area contributed by atoms with Gasteiger partial charge in [0.1, 0.15) is 0 Å². The van der Waals surface area contributed by atoms with Gasteiger partial charge in [0.15, 0.2) is 0 Å². The van der Waals surface area contributed by atoms with Gasteiger partial charge in [-0.2, -0.15) is 0 Å². The van der Waals surface area contributed by atoms with E-state index in [4.69, 9.17) is 5.73 Å². The number of nitrogens with two attached hydrogens (primary N) is 1. The number of rotatable bonds is 5. The Morgan fingerprint density at radius 2 is 2.00 bits per heavy atom. The molecular weight excluding hydrogens is 188 g/mol. The summed E-state index contributed by atoms with van der Waals surface area (Å²) in [5.41, 5.74) is 5.87.